The predicted octanol–water partition coefficient (Wildman–Crippen LogP) is 2.71. The molecule has 0 atom stereocenters. The van der Waals surface area contributed by atoms with Crippen LogP contribution in [0.1, 0.15) is 5.56 Å². The van der Waals surface area contributed by atoms with E-state index in [0.717, 1.165) is 0 Å². The van der Waals surface area contributed by atoms with Gasteiger partial charge in [-0.15, -0.1) is 0 Å². The summed E-state index contributed by atoms with van der Waals surface area (Å²) in [6, 6.07) is 10.6. The van der Waals surface area contributed by atoms with Gasteiger partial charge in [0.15, 0.2) is 5.82 Å². The number of aromatic nitrogens is 2. The molecule has 2 N–H and O–H groups in total. The van der Waals surface area contributed by atoms with E-state index in [1.807, 2.05) is 0 Å². The van der Waals surface area contributed by atoms with Gasteiger partial charge < -0.3 is 5.11 Å². The number of sulfonamides is 1. The molecule has 3 rings (SSSR count). The van der Waals surface area contributed by atoms with Gasteiger partial charge in [-0.1, -0.05) is 29.8 Å². The molecule has 0 fully saturated rings. The van der Waals surface area contributed by atoms with Crippen molar-refractivity contribution in [2.24, 2.45) is 0 Å². The van der Waals surface area contributed by atoms with E-state index in [2.05, 4.69) is 14.7 Å². The second-order valence-electron chi connectivity index (χ2n) is 5.18. The van der Waals surface area contributed by atoms with Crippen molar-refractivity contribution in [3.05, 3.63) is 59.2 Å². The molecule has 25 heavy (non-hydrogen) atoms. The van der Waals surface area contributed by atoms with Gasteiger partial charge in [0.1, 0.15) is 5.52 Å². The number of carbonyl (C=O) groups is 1. The topological polar surface area (TPSA) is 109 Å². The third-order valence-electron chi connectivity index (χ3n) is 3.35. The summed E-state index contributed by atoms with van der Waals surface area (Å²) in [5.41, 5.74) is 1.45. The quantitative estimate of drug-likeness (QED) is 0.707. The molecule has 1 heterocycles. The lowest BCUT2D eigenvalue weighted by molar-refractivity contribution is -0.136. The number of anilines is 1. The van der Waals surface area contributed by atoms with Crippen LogP contribution >= 0.6 is 11.6 Å². The minimum atomic E-state index is -3.87. The Balaban J connectivity index is 1.87. The maximum absolute atomic E-state index is 12.4. The second-order valence-corrected chi connectivity index (χ2v) is 7.27. The zero-order valence-corrected chi connectivity index (χ0v) is 14.3. The van der Waals surface area contributed by atoms with E-state index in [0.29, 0.717) is 21.6 Å². The van der Waals surface area contributed by atoms with E-state index >= 15 is 0 Å². The summed E-state index contributed by atoms with van der Waals surface area (Å²) in [6.45, 7) is 0. The minimum absolute atomic E-state index is 0.00497. The van der Waals surface area contributed by atoms with Gasteiger partial charge in [-0.3, -0.25) is 9.52 Å². The van der Waals surface area contributed by atoms with Crippen molar-refractivity contribution in [1.29, 1.82) is 0 Å². The summed E-state index contributed by atoms with van der Waals surface area (Å²) in [7, 11) is -3.87. The molecule has 1 aromatic heterocycles. The summed E-state index contributed by atoms with van der Waals surface area (Å²) in [6.07, 6.45) is 1.11. The van der Waals surface area contributed by atoms with Gasteiger partial charge in [0, 0.05) is 0 Å². The maximum Gasteiger partial charge on any atom is 0.307 e. The van der Waals surface area contributed by atoms with Gasteiger partial charge in [0.2, 0.25) is 0 Å². The fourth-order valence-corrected chi connectivity index (χ4v) is 3.42. The summed E-state index contributed by atoms with van der Waals surface area (Å²) in [4.78, 5) is 19.0. The third-order valence-corrected chi connectivity index (χ3v) is 5.03. The van der Waals surface area contributed by atoms with Crippen molar-refractivity contribution in [3.8, 4) is 0 Å². The number of aliphatic carboxylic acids is 1. The Bertz CT molecular complexity index is 1050. The highest BCUT2D eigenvalue weighted by molar-refractivity contribution is 7.92. The van der Waals surface area contributed by atoms with Crippen LogP contribution in [0.2, 0.25) is 5.02 Å². The monoisotopic (exact) mass is 377 g/mol. The minimum Gasteiger partial charge on any atom is -0.481 e. The van der Waals surface area contributed by atoms with E-state index in [4.69, 9.17) is 16.7 Å². The molecule has 9 heteroatoms. The predicted molar refractivity (Wildman–Crippen MR) is 93.1 cm³/mol. The number of carboxylic acid groups (broad SMARTS) is 1. The second kappa shape index (κ2) is 6.66. The van der Waals surface area contributed by atoms with Crippen LogP contribution in [-0.2, 0) is 21.2 Å². The van der Waals surface area contributed by atoms with Gasteiger partial charge in [-0.05, 0) is 29.8 Å². The molecular weight excluding hydrogens is 366 g/mol. The summed E-state index contributed by atoms with van der Waals surface area (Å²) in [5, 5.41) is 9.17. The summed E-state index contributed by atoms with van der Waals surface area (Å²) < 4.78 is 27.2. The van der Waals surface area contributed by atoms with E-state index in [1.54, 1.807) is 18.2 Å². The molecule has 0 bridgehead atoms. The van der Waals surface area contributed by atoms with Crippen LogP contribution in [0.15, 0.2) is 53.6 Å². The van der Waals surface area contributed by atoms with Crippen LogP contribution in [0.3, 0.4) is 0 Å². The first-order valence-corrected chi connectivity index (χ1v) is 8.96. The van der Waals surface area contributed by atoms with Crippen molar-refractivity contribution in [2.75, 3.05) is 4.72 Å². The van der Waals surface area contributed by atoms with E-state index < -0.39 is 16.0 Å². The molecule has 0 unspecified atom stereocenters. The fraction of sp³-hybridized carbons (Fsp3) is 0.0625. The molecule has 0 spiro atoms. The Hall–Kier alpha value is -2.71. The number of nitrogens with zero attached hydrogens (tertiary/aromatic N) is 2. The van der Waals surface area contributed by atoms with Crippen LogP contribution in [0.25, 0.3) is 11.0 Å². The number of nitrogens with one attached hydrogen (secondary N) is 1. The average Bonchev–Trinajstić information content (AvgIpc) is 2.54. The van der Waals surface area contributed by atoms with E-state index in [-0.39, 0.29) is 17.1 Å². The zero-order chi connectivity index (χ0) is 18.0. The molecule has 3 aromatic rings. The number of rotatable bonds is 5. The number of halogens is 1. The van der Waals surface area contributed by atoms with Gasteiger partial charge in [0.05, 0.1) is 28.1 Å². The van der Waals surface area contributed by atoms with Crippen LogP contribution < -0.4 is 4.72 Å². The fourth-order valence-electron chi connectivity index (χ4n) is 2.21. The molecule has 7 nitrogen and oxygen atoms in total. The van der Waals surface area contributed by atoms with Gasteiger partial charge in [-0.2, -0.15) is 0 Å². The first-order chi connectivity index (χ1) is 11.8. The molecule has 0 amide bonds. The SMILES string of the molecule is O=C(O)Cc1ccc(S(=O)(=O)Nc2cnc3c(Cl)cccc3n2)cc1. The van der Waals surface area contributed by atoms with Crippen molar-refractivity contribution in [2.45, 2.75) is 11.3 Å². The van der Waals surface area contributed by atoms with Crippen molar-refractivity contribution in [3.63, 3.8) is 0 Å². The highest BCUT2D eigenvalue weighted by Gasteiger charge is 2.16. The van der Waals surface area contributed by atoms with Crippen molar-refractivity contribution >= 4 is 44.4 Å². The summed E-state index contributed by atoms with van der Waals surface area (Å²) >= 11 is 6.01. The Morgan fingerprint density at radius 3 is 2.56 bits per heavy atom. The Morgan fingerprint density at radius 1 is 1.16 bits per heavy atom. The largest absolute Gasteiger partial charge is 0.481 e. The molecule has 2 aromatic carbocycles. The normalized spacial score (nSPS) is 11.4. The third kappa shape index (κ3) is 3.86. The van der Waals surface area contributed by atoms with Crippen LogP contribution in [-0.4, -0.2) is 29.5 Å². The average molecular weight is 378 g/mol. The van der Waals surface area contributed by atoms with Gasteiger partial charge in [0.25, 0.3) is 10.0 Å². The van der Waals surface area contributed by atoms with Crippen molar-refractivity contribution in [1.82, 2.24) is 9.97 Å². The molecule has 0 aliphatic heterocycles. The smallest absolute Gasteiger partial charge is 0.307 e. The lowest BCUT2D eigenvalue weighted by Gasteiger charge is -2.08. The van der Waals surface area contributed by atoms with Gasteiger partial charge in [-0.25, -0.2) is 18.4 Å². The number of para-hydroxylation sites is 1. The Labute approximate surface area is 148 Å². The standard InChI is InChI=1S/C16H12ClN3O4S/c17-12-2-1-3-13-16(12)18-9-14(19-13)20-25(23,24)11-6-4-10(5-7-11)8-15(21)22/h1-7,9H,8H2,(H,19,20)(H,21,22). The van der Waals surface area contributed by atoms with Crippen LogP contribution in [0.4, 0.5) is 5.82 Å². The lowest BCUT2D eigenvalue weighted by atomic mass is 10.2. The molecule has 0 aliphatic rings. The summed E-state index contributed by atoms with van der Waals surface area (Å²) in [5.74, 6) is -0.928. The van der Waals surface area contributed by atoms with E-state index in [9.17, 15) is 13.2 Å². The molecule has 0 saturated carbocycles. The number of carboxylic acids is 1. The number of hydrogen-bond donors (Lipinski definition) is 2. The first kappa shape index (κ1) is 17.1. The molecule has 0 aliphatic carbocycles. The number of hydrogen-bond acceptors (Lipinski definition) is 5. The van der Waals surface area contributed by atoms with Crippen LogP contribution in [0, 0.1) is 0 Å². The molecular formula is C16H12ClN3O4S. The van der Waals surface area contributed by atoms with Gasteiger partial charge >= 0.3 is 5.97 Å². The van der Waals surface area contributed by atoms with Crippen LogP contribution in [0.5, 0.6) is 0 Å². The Kier molecular flexibility index (Phi) is 4.56. The highest BCUT2D eigenvalue weighted by Crippen LogP contribution is 2.22. The van der Waals surface area contributed by atoms with E-state index in [1.165, 1.54) is 30.5 Å². The molecule has 0 saturated heterocycles. The zero-order valence-electron chi connectivity index (χ0n) is 12.7. The molecule has 0 radical (unpaired) electrons. The number of benzene rings is 2. The number of fused-ring (bicyclic) bond motifs is 1. The molecule has 128 valence electrons. The first-order valence-electron chi connectivity index (χ1n) is 7.10. The maximum atomic E-state index is 12.4. The lowest BCUT2D eigenvalue weighted by Crippen LogP contribution is -2.14. The van der Waals surface area contributed by atoms with Crippen molar-refractivity contribution < 1.29 is 18.3 Å². The highest BCUT2D eigenvalue weighted by atomic mass is 35.5. The Morgan fingerprint density at radius 2 is 1.88 bits per heavy atom.